The number of pyridine rings is 1. The van der Waals surface area contributed by atoms with Gasteiger partial charge >= 0.3 is 5.51 Å². The SMILES string of the molecule is CC(C)c1ccc(C(=O)NCCSC(F)(F)F)c(=O)[nH]1. The van der Waals surface area contributed by atoms with Gasteiger partial charge in [-0.3, -0.25) is 9.59 Å². The lowest BCUT2D eigenvalue weighted by molar-refractivity contribution is -0.0327. The molecule has 0 saturated heterocycles. The zero-order chi connectivity index (χ0) is 15.3. The minimum Gasteiger partial charge on any atom is -0.351 e. The summed E-state index contributed by atoms with van der Waals surface area (Å²) in [6.45, 7) is 3.62. The number of hydrogen-bond acceptors (Lipinski definition) is 3. The van der Waals surface area contributed by atoms with Crippen LogP contribution in [0.4, 0.5) is 13.2 Å². The second-order valence-electron chi connectivity index (χ2n) is 4.36. The highest BCUT2D eigenvalue weighted by atomic mass is 32.2. The van der Waals surface area contributed by atoms with Crippen LogP contribution in [-0.4, -0.2) is 28.7 Å². The van der Waals surface area contributed by atoms with Crippen LogP contribution < -0.4 is 10.9 Å². The van der Waals surface area contributed by atoms with Gasteiger partial charge in [0, 0.05) is 18.0 Å². The predicted octanol–water partition coefficient (Wildman–Crippen LogP) is 2.48. The van der Waals surface area contributed by atoms with Gasteiger partial charge in [0.2, 0.25) is 0 Å². The summed E-state index contributed by atoms with van der Waals surface area (Å²) >= 11 is -0.219. The van der Waals surface area contributed by atoms with E-state index in [4.69, 9.17) is 0 Å². The summed E-state index contributed by atoms with van der Waals surface area (Å²) in [5.74, 6) is -0.857. The van der Waals surface area contributed by atoms with Crippen molar-refractivity contribution < 1.29 is 18.0 Å². The molecule has 0 bridgehead atoms. The van der Waals surface area contributed by atoms with Crippen molar-refractivity contribution in [1.29, 1.82) is 0 Å². The number of H-pyrrole nitrogens is 1. The minimum absolute atomic E-state index is 0.105. The van der Waals surface area contributed by atoms with Crippen molar-refractivity contribution in [3.63, 3.8) is 0 Å². The van der Waals surface area contributed by atoms with Gasteiger partial charge in [-0.15, -0.1) is 0 Å². The average molecular weight is 308 g/mol. The number of hydrogen-bond donors (Lipinski definition) is 2. The number of aromatic amines is 1. The Morgan fingerprint density at radius 3 is 2.55 bits per heavy atom. The Morgan fingerprint density at radius 2 is 2.05 bits per heavy atom. The van der Waals surface area contributed by atoms with Gasteiger partial charge in [0.05, 0.1) is 0 Å². The largest absolute Gasteiger partial charge is 0.441 e. The van der Waals surface area contributed by atoms with Crippen LogP contribution in [0.1, 0.15) is 35.8 Å². The van der Waals surface area contributed by atoms with Crippen molar-refractivity contribution in [3.8, 4) is 0 Å². The Kier molecular flexibility index (Phi) is 5.67. The summed E-state index contributed by atoms with van der Waals surface area (Å²) in [5, 5.41) is 2.28. The van der Waals surface area contributed by atoms with E-state index in [0.717, 1.165) is 0 Å². The maximum absolute atomic E-state index is 11.9. The number of rotatable bonds is 5. The lowest BCUT2D eigenvalue weighted by Crippen LogP contribution is -2.31. The fourth-order valence-corrected chi connectivity index (χ4v) is 1.87. The number of halogens is 3. The van der Waals surface area contributed by atoms with Crippen LogP contribution in [0.3, 0.4) is 0 Å². The first-order valence-corrected chi connectivity index (χ1v) is 6.91. The molecule has 0 saturated carbocycles. The molecule has 0 aromatic carbocycles. The molecule has 0 fully saturated rings. The van der Waals surface area contributed by atoms with Crippen molar-refractivity contribution in [2.45, 2.75) is 25.3 Å². The van der Waals surface area contributed by atoms with Crippen molar-refractivity contribution in [2.75, 3.05) is 12.3 Å². The maximum atomic E-state index is 11.9. The molecule has 1 heterocycles. The highest BCUT2D eigenvalue weighted by Crippen LogP contribution is 2.29. The molecule has 1 aromatic rings. The summed E-state index contributed by atoms with van der Waals surface area (Å²) < 4.78 is 35.6. The van der Waals surface area contributed by atoms with E-state index in [1.54, 1.807) is 6.07 Å². The van der Waals surface area contributed by atoms with Crippen LogP contribution in [0.2, 0.25) is 0 Å². The number of alkyl halides is 3. The fourth-order valence-electron chi connectivity index (χ4n) is 1.43. The molecule has 0 spiro atoms. The van der Waals surface area contributed by atoms with Crippen molar-refractivity contribution in [2.24, 2.45) is 0 Å². The Bertz CT molecular complexity index is 526. The summed E-state index contributed by atoms with van der Waals surface area (Å²) in [7, 11) is 0. The first-order chi connectivity index (χ1) is 9.20. The highest BCUT2D eigenvalue weighted by Gasteiger charge is 2.27. The number of carbonyl (C=O) groups excluding carboxylic acids is 1. The molecule has 4 nitrogen and oxygen atoms in total. The molecule has 0 radical (unpaired) electrons. The van der Waals surface area contributed by atoms with Crippen LogP contribution in [0.25, 0.3) is 0 Å². The van der Waals surface area contributed by atoms with E-state index in [1.165, 1.54) is 6.07 Å². The van der Waals surface area contributed by atoms with E-state index in [2.05, 4.69) is 10.3 Å². The number of thioether (sulfide) groups is 1. The smallest absolute Gasteiger partial charge is 0.351 e. The lowest BCUT2D eigenvalue weighted by atomic mass is 10.1. The number of amides is 1. The van der Waals surface area contributed by atoms with Gasteiger partial charge in [0.25, 0.3) is 11.5 Å². The van der Waals surface area contributed by atoms with Gasteiger partial charge in [-0.2, -0.15) is 13.2 Å². The standard InChI is InChI=1S/C12H15F3N2O2S/c1-7(2)9-4-3-8(11(19)17-9)10(18)16-5-6-20-12(13,14)15/h3-4,7H,5-6H2,1-2H3,(H,16,18)(H,17,19). The molecule has 0 unspecified atom stereocenters. The highest BCUT2D eigenvalue weighted by molar-refractivity contribution is 8.00. The second-order valence-corrected chi connectivity index (χ2v) is 5.52. The predicted molar refractivity (Wildman–Crippen MR) is 72.0 cm³/mol. The van der Waals surface area contributed by atoms with Crippen LogP contribution >= 0.6 is 11.8 Å². The third kappa shape index (κ3) is 5.28. The molecule has 0 atom stereocenters. The molecule has 1 rings (SSSR count). The van der Waals surface area contributed by atoms with Crippen LogP contribution in [0.5, 0.6) is 0 Å². The molecule has 1 aromatic heterocycles. The molecule has 0 aliphatic carbocycles. The van der Waals surface area contributed by atoms with Gasteiger partial charge in [-0.05, 0) is 29.8 Å². The lowest BCUT2D eigenvalue weighted by Gasteiger charge is -2.08. The van der Waals surface area contributed by atoms with E-state index in [9.17, 15) is 22.8 Å². The minimum atomic E-state index is -4.32. The summed E-state index contributed by atoms with van der Waals surface area (Å²) in [6, 6.07) is 2.99. The third-order valence-corrected chi connectivity index (χ3v) is 3.19. The molecule has 112 valence electrons. The van der Waals surface area contributed by atoms with E-state index in [-0.39, 0.29) is 35.5 Å². The van der Waals surface area contributed by atoms with Crippen LogP contribution in [0, 0.1) is 0 Å². The number of aromatic nitrogens is 1. The summed E-state index contributed by atoms with van der Waals surface area (Å²) in [4.78, 5) is 25.9. The molecule has 0 aliphatic heterocycles. The van der Waals surface area contributed by atoms with Crippen molar-refractivity contribution in [3.05, 3.63) is 33.7 Å². The first-order valence-electron chi connectivity index (χ1n) is 5.93. The first kappa shape index (κ1) is 16.6. The Morgan fingerprint density at radius 1 is 1.40 bits per heavy atom. The van der Waals surface area contributed by atoms with Crippen LogP contribution in [0.15, 0.2) is 16.9 Å². The van der Waals surface area contributed by atoms with E-state index >= 15 is 0 Å². The fraction of sp³-hybridized carbons (Fsp3) is 0.500. The maximum Gasteiger partial charge on any atom is 0.441 e. The van der Waals surface area contributed by atoms with E-state index in [0.29, 0.717) is 5.69 Å². The Balaban J connectivity index is 2.58. The van der Waals surface area contributed by atoms with E-state index in [1.807, 2.05) is 13.8 Å². The third-order valence-electron chi connectivity index (χ3n) is 2.45. The van der Waals surface area contributed by atoms with Gasteiger partial charge in [0.1, 0.15) is 5.56 Å². The molecule has 20 heavy (non-hydrogen) atoms. The Hall–Kier alpha value is -1.44. The molecule has 8 heteroatoms. The zero-order valence-electron chi connectivity index (χ0n) is 11.0. The summed E-state index contributed by atoms with van der Waals surface area (Å²) in [5.41, 5.74) is -4.27. The van der Waals surface area contributed by atoms with Crippen molar-refractivity contribution in [1.82, 2.24) is 10.3 Å². The average Bonchev–Trinajstić information content (AvgIpc) is 2.33. The molecule has 0 aliphatic rings. The molecule has 2 N–H and O–H groups in total. The zero-order valence-corrected chi connectivity index (χ0v) is 11.8. The normalized spacial score (nSPS) is 11.7. The van der Waals surface area contributed by atoms with Gasteiger partial charge < -0.3 is 10.3 Å². The summed E-state index contributed by atoms with van der Waals surface area (Å²) in [6.07, 6.45) is 0. The molecular formula is C12H15F3N2O2S. The second kappa shape index (κ2) is 6.83. The number of carbonyl (C=O) groups is 1. The molecule has 1 amide bonds. The van der Waals surface area contributed by atoms with E-state index < -0.39 is 17.0 Å². The van der Waals surface area contributed by atoms with Gasteiger partial charge in [0.15, 0.2) is 0 Å². The van der Waals surface area contributed by atoms with Crippen molar-refractivity contribution >= 4 is 17.7 Å². The van der Waals surface area contributed by atoms with Gasteiger partial charge in [-0.1, -0.05) is 13.8 Å². The van der Waals surface area contributed by atoms with Crippen LogP contribution in [-0.2, 0) is 0 Å². The topological polar surface area (TPSA) is 62.0 Å². The number of nitrogens with one attached hydrogen (secondary N) is 2. The quantitative estimate of drug-likeness (QED) is 0.822. The molecular weight excluding hydrogens is 293 g/mol. The Labute approximate surface area is 118 Å². The monoisotopic (exact) mass is 308 g/mol. The van der Waals surface area contributed by atoms with Gasteiger partial charge in [-0.25, -0.2) is 0 Å².